The molecule has 0 aliphatic carbocycles. The quantitative estimate of drug-likeness (QED) is 0.594. The molecule has 0 saturated carbocycles. The van der Waals surface area contributed by atoms with Crippen LogP contribution in [0.2, 0.25) is 0 Å². The number of amides is 1. The summed E-state index contributed by atoms with van der Waals surface area (Å²) in [4.78, 5) is 15.3. The molecule has 3 aromatic rings. The van der Waals surface area contributed by atoms with Gasteiger partial charge in [0.2, 0.25) is 5.91 Å². The zero-order chi connectivity index (χ0) is 15.4. The van der Waals surface area contributed by atoms with Gasteiger partial charge in [-0.3, -0.25) is 4.79 Å². The number of carbonyl (C=O) groups is 1. The van der Waals surface area contributed by atoms with Gasteiger partial charge in [-0.05, 0) is 65.3 Å². The summed E-state index contributed by atoms with van der Waals surface area (Å²) in [5.41, 5.74) is 3.29. The van der Waals surface area contributed by atoms with Gasteiger partial charge in [0.15, 0.2) is 0 Å². The molecule has 0 unspecified atom stereocenters. The summed E-state index contributed by atoms with van der Waals surface area (Å²) in [6, 6.07) is 16.1. The lowest BCUT2D eigenvalue weighted by atomic mass is 10.1. The molecular weight excluding hydrogens is 387 g/mol. The van der Waals surface area contributed by atoms with Gasteiger partial charge >= 0.3 is 0 Å². The van der Waals surface area contributed by atoms with Crippen molar-refractivity contribution in [3.8, 4) is 0 Å². The Balaban J connectivity index is 1.53. The molecule has 3 rings (SSSR count). The lowest BCUT2D eigenvalue weighted by molar-refractivity contribution is -0.116. The number of rotatable bonds is 5. The van der Waals surface area contributed by atoms with Crippen LogP contribution in [0.3, 0.4) is 0 Å². The molecule has 22 heavy (non-hydrogen) atoms. The van der Waals surface area contributed by atoms with Crippen LogP contribution >= 0.6 is 22.6 Å². The summed E-state index contributed by atoms with van der Waals surface area (Å²) >= 11 is 2.24. The van der Waals surface area contributed by atoms with Crippen molar-refractivity contribution < 1.29 is 4.79 Å². The van der Waals surface area contributed by atoms with E-state index in [-0.39, 0.29) is 5.91 Å². The van der Waals surface area contributed by atoms with Crippen LogP contribution in [0.4, 0.5) is 5.69 Å². The van der Waals surface area contributed by atoms with Crippen LogP contribution in [0.5, 0.6) is 0 Å². The van der Waals surface area contributed by atoms with Crippen molar-refractivity contribution in [1.82, 2.24) is 4.98 Å². The third-order valence-corrected chi connectivity index (χ3v) is 4.30. The van der Waals surface area contributed by atoms with Gasteiger partial charge in [0, 0.05) is 32.8 Å². The molecule has 2 N–H and O–H groups in total. The first-order valence-electron chi connectivity index (χ1n) is 7.33. The van der Waals surface area contributed by atoms with Gasteiger partial charge < -0.3 is 10.3 Å². The van der Waals surface area contributed by atoms with E-state index < -0.39 is 0 Å². The molecule has 0 spiro atoms. The predicted octanol–water partition coefficient (Wildman–Crippen LogP) is 4.73. The Hall–Kier alpha value is -1.82. The van der Waals surface area contributed by atoms with Gasteiger partial charge in [0.25, 0.3) is 0 Å². The van der Waals surface area contributed by atoms with Crippen LogP contribution < -0.4 is 5.32 Å². The van der Waals surface area contributed by atoms with Gasteiger partial charge in [-0.15, -0.1) is 0 Å². The molecule has 0 aliphatic rings. The van der Waals surface area contributed by atoms with E-state index in [2.05, 4.69) is 45.0 Å². The van der Waals surface area contributed by atoms with Gasteiger partial charge in [0.05, 0.1) is 0 Å². The Kier molecular flexibility index (Phi) is 4.77. The van der Waals surface area contributed by atoms with E-state index in [1.807, 2.05) is 42.6 Å². The number of anilines is 1. The van der Waals surface area contributed by atoms with Gasteiger partial charge in [-0.1, -0.05) is 24.3 Å². The number of H-pyrrole nitrogens is 1. The number of aryl methyl sites for hydroxylation is 1. The summed E-state index contributed by atoms with van der Waals surface area (Å²) in [6.07, 6.45) is 4.33. The van der Waals surface area contributed by atoms with Crippen molar-refractivity contribution in [2.45, 2.75) is 19.3 Å². The van der Waals surface area contributed by atoms with Crippen LogP contribution in [-0.4, -0.2) is 10.9 Å². The van der Waals surface area contributed by atoms with Gasteiger partial charge in [0.1, 0.15) is 0 Å². The van der Waals surface area contributed by atoms with Crippen molar-refractivity contribution in [2.75, 3.05) is 5.32 Å². The number of carbonyl (C=O) groups excluding carboxylic acids is 1. The Morgan fingerprint density at radius 2 is 2.00 bits per heavy atom. The van der Waals surface area contributed by atoms with E-state index in [0.29, 0.717) is 6.42 Å². The maximum absolute atomic E-state index is 12.0. The Morgan fingerprint density at radius 3 is 2.86 bits per heavy atom. The smallest absolute Gasteiger partial charge is 0.224 e. The minimum absolute atomic E-state index is 0.0711. The average molecular weight is 404 g/mol. The maximum atomic E-state index is 12.0. The highest BCUT2D eigenvalue weighted by molar-refractivity contribution is 14.1. The van der Waals surface area contributed by atoms with Crippen molar-refractivity contribution in [3.63, 3.8) is 0 Å². The zero-order valence-electron chi connectivity index (χ0n) is 12.1. The predicted molar refractivity (Wildman–Crippen MR) is 99.0 cm³/mol. The van der Waals surface area contributed by atoms with Crippen molar-refractivity contribution in [1.29, 1.82) is 0 Å². The lowest BCUT2D eigenvalue weighted by Gasteiger charge is -2.05. The number of nitrogens with one attached hydrogen (secondary N) is 2. The lowest BCUT2D eigenvalue weighted by Crippen LogP contribution is -2.11. The molecule has 0 bridgehead atoms. The molecule has 2 aromatic carbocycles. The Labute approximate surface area is 143 Å². The topological polar surface area (TPSA) is 44.9 Å². The van der Waals surface area contributed by atoms with Gasteiger partial charge in [-0.2, -0.15) is 0 Å². The van der Waals surface area contributed by atoms with Crippen molar-refractivity contribution >= 4 is 45.1 Å². The SMILES string of the molecule is O=C(CCCc1c[nH]c2ccccc12)Nc1cccc(I)c1. The van der Waals surface area contributed by atoms with Crippen molar-refractivity contribution in [3.05, 3.63) is 63.9 Å². The second-order valence-corrected chi connectivity index (χ2v) is 6.52. The monoisotopic (exact) mass is 404 g/mol. The first-order chi connectivity index (χ1) is 10.7. The van der Waals surface area contributed by atoms with E-state index in [0.717, 1.165) is 27.6 Å². The third-order valence-electron chi connectivity index (χ3n) is 3.63. The summed E-state index contributed by atoms with van der Waals surface area (Å²) < 4.78 is 1.12. The van der Waals surface area contributed by atoms with E-state index in [1.165, 1.54) is 10.9 Å². The Bertz CT molecular complexity index is 794. The number of hydrogen-bond acceptors (Lipinski definition) is 1. The molecule has 4 heteroatoms. The molecule has 1 aromatic heterocycles. The van der Waals surface area contributed by atoms with E-state index in [9.17, 15) is 4.79 Å². The second-order valence-electron chi connectivity index (χ2n) is 5.27. The average Bonchev–Trinajstić information content (AvgIpc) is 2.91. The summed E-state index contributed by atoms with van der Waals surface area (Å²) in [6.45, 7) is 0. The highest BCUT2D eigenvalue weighted by Gasteiger charge is 2.06. The summed E-state index contributed by atoms with van der Waals surface area (Å²) in [5.74, 6) is 0.0711. The summed E-state index contributed by atoms with van der Waals surface area (Å²) in [5, 5.41) is 4.20. The highest BCUT2D eigenvalue weighted by atomic mass is 127. The maximum Gasteiger partial charge on any atom is 0.224 e. The normalized spacial score (nSPS) is 10.8. The standard InChI is InChI=1S/C18H17IN2O/c19-14-6-4-7-15(11-14)21-18(22)10-3-5-13-12-20-17-9-2-1-8-16(13)17/h1-2,4,6-9,11-12,20H,3,5,10H2,(H,21,22). The number of hydrogen-bond donors (Lipinski definition) is 2. The zero-order valence-corrected chi connectivity index (χ0v) is 14.3. The number of fused-ring (bicyclic) bond motifs is 1. The number of halogens is 1. The van der Waals surface area contributed by atoms with Crippen LogP contribution in [0, 0.1) is 3.57 Å². The minimum Gasteiger partial charge on any atom is -0.361 e. The van der Waals surface area contributed by atoms with E-state index in [1.54, 1.807) is 0 Å². The molecular formula is C18H17IN2O. The molecule has 112 valence electrons. The number of benzene rings is 2. The second kappa shape index (κ2) is 6.96. The molecule has 0 fully saturated rings. The fourth-order valence-electron chi connectivity index (χ4n) is 2.57. The first-order valence-corrected chi connectivity index (χ1v) is 8.41. The molecule has 1 heterocycles. The molecule has 0 atom stereocenters. The number of para-hydroxylation sites is 1. The van der Waals surface area contributed by atoms with E-state index in [4.69, 9.17) is 0 Å². The summed E-state index contributed by atoms with van der Waals surface area (Å²) in [7, 11) is 0. The van der Waals surface area contributed by atoms with Crippen LogP contribution in [0.25, 0.3) is 10.9 Å². The van der Waals surface area contributed by atoms with Crippen LogP contribution in [0.1, 0.15) is 18.4 Å². The minimum atomic E-state index is 0.0711. The fourth-order valence-corrected chi connectivity index (χ4v) is 3.11. The fraction of sp³-hybridized carbons (Fsp3) is 0.167. The third kappa shape index (κ3) is 3.68. The molecule has 0 aliphatic heterocycles. The Morgan fingerprint density at radius 1 is 1.14 bits per heavy atom. The highest BCUT2D eigenvalue weighted by Crippen LogP contribution is 2.19. The first kappa shape index (κ1) is 15.1. The van der Waals surface area contributed by atoms with Crippen molar-refractivity contribution in [2.24, 2.45) is 0 Å². The largest absolute Gasteiger partial charge is 0.361 e. The van der Waals surface area contributed by atoms with E-state index >= 15 is 0 Å². The number of aromatic amines is 1. The molecule has 3 nitrogen and oxygen atoms in total. The molecule has 1 amide bonds. The van der Waals surface area contributed by atoms with Crippen LogP contribution in [0.15, 0.2) is 54.7 Å². The molecule has 0 saturated heterocycles. The van der Waals surface area contributed by atoms with Gasteiger partial charge in [-0.25, -0.2) is 0 Å². The molecule has 0 radical (unpaired) electrons. The van der Waals surface area contributed by atoms with Crippen LogP contribution in [-0.2, 0) is 11.2 Å². The number of aromatic nitrogens is 1.